The molecule has 1 aromatic carbocycles. The van der Waals surface area contributed by atoms with Crippen molar-refractivity contribution < 1.29 is 23.3 Å². The monoisotopic (exact) mass is 391 g/mol. The van der Waals surface area contributed by atoms with Crippen LogP contribution in [0.2, 0.25) is 0 Å². The first-order valence-corrected chi connectivity index (χ1v) is 9.07. The van der Waals surface area contributed by atoms with Crippen molar-refractivity contribution in [3.05, 3.63) is 52.0 Å². The van der Waals surface area contributed by atoms with Crippen molar-refractivity contribution in [3.8, 4) is 0 Å². The minimum Gasteiger partial charge on any atom is -0.395 e. The van der Waals surface area contributed by atoms with E-state index in [0.29, 0.717) is 22.0 Å². The fourth-order valence-corrected chi connectivity index (χ4v) is 3.91. The predicted octanol–water partition coefficient (Wildman–Crippen LogP) is 3.76. The van der Waals surface area contributed by atoms with Gasteiger partial charge in [0, 0.05) is 6.61 Å². The van der Waals surface area contributed by atoms with Crippen LogP contribution in [0.25, 0.3) is 10.2 Å². The van der Waals surface area contributed by atoms with E-state index in [0.717, 1.165) is 30.2 Å². The van der Waals surface area contributed by atoms with Gasteiger partial charge in [0.05, 0.1) is 28.9 Å². The third-order valence-electron chi connectivity index (χ3n) is 4.21. The summed E-state index contributed by atoms with van der Waals surface area (Å²) in [7, 11) is 0. The number of aromatic nitrogens is 1. The highest BCUT2D eigenvalue weighted by Crippen LogP contribution is 2.32. The summed E-state index contributed by atoms with van der Waals surface area (Å²) in [5.74, 6) is -1.62. The first-order chi connectivity index (χ1) is 13.0. The van der Waals surface area contributed by atoms with E-state index in [-0.39, 0.29) is 18.4 Å². The summed E-state index contributed by atoms with van der Waals surface area (Å²) in [5.41, 5.74) is 0.562. The Morgan fingerprint density at radius 3 is 2.96 bits per heavy atom. The molecule has 8 nitrogen and oxygen atoms in total. The number of nitrogens with zero attached hydrogens (tertiary/aromatic N) is 3. The average Bonchev–Trinajstić information content (AvgIpc) is 3.37. The number of furan rings is 1. The topological polar surface area (TPSA) is 98.7 Å². The molecule has 1 unspecified atom stereocenters. The first-order valence-electron chi connectivity index (χ1n) is 8.25. The number of rotatable bonds is 5. The van der Waals surface area contributed by atoms with E-state index in [4.69, 9.17) is 9.15 Å². The molecule has 0 N–H and O–H groups in total. The van der Waals surface area contributed by atoms with Gasteiger partial charge in [0.15, 0.2) is 10.9 Å². The quantitative estimate of drug-likeness (QED) is 0.485. The number of carbonyl (C=O) groups excluding carboxylic acids is 1. The van der Waals surface area contributed by atoms with Gasteiger partial charge in [-0.25, -0.2) is 9.37 Å². The molecule has 3 heterocycles. The Hall–Kier alpha value is -2.85. The molecule has 0 aliphatic carbocycles. The molecule has 1 saturated heterocycles. The van der Waals surface area contributed by atoms with Gasteiger partial charge in [-0.2, -0.15) is 0 Å². The molecule has 0 radical (unpaired) electrons. The van der Waals surface area contributed by atoms with Crippen molar-refractivity contribution in [3.63, 3.8) is 0 Å². The minimum absolute atomic E-state index is 0.162. The minimum atomic E-state index is -0.707. The lowest BCUT2D eigenvalue weighted by Gasteiger charge is -2.21. The first kappa shape index (κ1) is 17.6. The lowest BCUT2D eigenvalue weighted by molar-refractivity contribution is -0.402. The summed E-state index contributed by atoms with van der Waals surface area (Å²) in [6, 6.07) is 6.58. The SMILES string of the molecule is O=C(c1ccc([N+](=O)[O-])o1)N(CC1CCCO1)c1nc2ccc(F)cc2s1. The lowest BCUT2D eigenvalue weighted by Crippen LogP contribution is -2.37. The normalized spacial score (nSPS) is 16.7. The highest BCUT2D eigenvalue weighted by Gasteiger charge is 2.29. The Morgan fingerprint density at radius 2 is 2.26 bits per heavy atom. The third kappa shape index (κ3) is 3.53. The van der Waals surface area contributed by atoms with E-state index in [1.165, 1.54) is 29.2 Å². The molecule has 10 heteroatoms. The Labute approximate surface area is 156 Å². The maximum Gasteiger partial charge on any atom is 0.433 e. The van der Waals surface area contributed by atoms with Crippen molar-refractivity contribution in [1.82, 2.24) is 4.98 Å². The van der Waals surface area contributed by atoms with Crippen LogP contribution in [0, 0.1) is 15.9 Å². The van der Waals surface area contributed by atoms with Crippen LogP contribution in [0.5, 0.6) is 0 Å². The number of carbonyl (C=O) groups is 1. The van der Waals surface area contributed by atoms with Gasteiger partial charge in [-0.15, -0.1) is 0 Å². The van der Waals surface area contributed by atoms with Gasteiger partial charge in [0.2, 0.25) is 0 Å². The summed E-state index contributed by atoms with van der Waals surface area (Å²) in [5, 5.41) is 11.2. The third-order valence-corrected chi connectivity index (χ3v) is 5.25. The molecule has 0 saturated carbocycles. The lowest BCUT2D eigenvalue weighted by atomic mass is 10.2. The Balaban J connectivity index is 1.70. The van der Waals surface area contributed by atoms with E-state index >= 15 is 0 Å². The van der Waals surface area contributed by atoms with Crippen LogP contribution in [-0.2, 0) is 4.74 Å². The van der Waals surface area contributed by atoms with Gasteiger partial charge in [0.1, 0.15) is 10.7 Å². The highest BCUT2D eigenvalue weighted by molar-refractivity contribution is 7.22. The van der Waals surface area contributed by atoms with Crippen LogP contribution in [0.3, 0.4) is 0 Å². The molecule has 0 bridgehead atoms. The maximum atomic E-state index is 13.5. The van der Waals surface area contributed by atoms with Gasteiger partial charge >= 0.3 is 5.88 Å². The molecule has 1 amide bonds. The summed E-state index contributed by atoms with van der Waals surface area (Å²) >= 11 is 1.16. The van der Waals surface area contributed by atoms with Gasteiger partial charge in [0.25, 0.3) is 5.91 Å². The number of ether oxygens (including phenoxy) is 1. The Kier molecular flexibility index (Phi) is 4.58. The number of benzene rings is 1. The van der Waals surface area contributed by atoms with Gasteiger partial charge in [-0.3, -0.25) is 19.8 Å². The van der Waals surface area contributed by atoms with Crippen LogP contribution in [0.1, 0.15) is 23.4 Å². The van der Waals surface area contributed by atoms with E-state index in [1.54, 1.807) is 0 Å². The van der Waals surface area contributed by atoms with Crippen LogP contribution in [0.15, 0.2) is 34.7 Å². The zero-order valence-corrected chi connectivity index (χ0v) is 14.8. The second kappa shape index (κ2) is 7.05. The fraction of sp³-hybridized carbons (Fsp3) is 0.294. The molecule has 1 fully saturated rings. The molecule has 3 aromatic rings. The largest absolute Gasteiger partial charge is 0.433 e. The number of nitro groups is 1. The number of halogens is 1. The number of hydrogen-bond acceptors (Lipinski definition) is 7. The number of fused-ring (bicyclic) bond motifs is 1. The summed E-state index contributed by atoms with van der Waals surface area (Å²) in [6.45, 7) is 0.847. The molecular formula is C17H14FN3O5S. The average molecular weight is 391 g/mol. The van der Waals surface area contributed by atoms with Crippen LogP contribution in [-0.4, -0.2) is 35.1 Å². The molecule has 1 aliphatic rings. The zero-order valence-electron chi connectivity index (χ0n) is 14.0. The Morgan fingerprint density at radius 1 is 1.41 bits per heavy atom. The van der Waals surface area contributed by atoms with Crippen LogP contribution < -0.4 is 4.90 Å². The summed E-state index contributed by atoms with van der Waals surface area (Å²) < 4.78 is 24.7. The van der Waals surface area contributed by atoms with Crippen molar-refractivity contribution in [2.45, 2.75) is 18.9 Å². The van der Waals surface area contributed by atoms with E-state index in [9.17, 15) is 19.3 Å². The van der Waals surface area contributed by atoms with Gasteiger partial charge in [-0.05, 0) is 37.1 Å². The molecular weight excluding hydrogens is 377 g/mol. The van der Waals surface area contributed by atoms with E-state index in [2.05, 4.69) is 4.98 Å². The smallest absolute Gasteiger partial charge is 0.395 e. The van der Waals surface area contributed by atoms with Crippen molar-refractivity contribution in [1.29, 1.82) is 0 Å². The summed E-state index contributed by atoms with van der Waals surface area (Å²) in [4.78, 5) is 28.9. The maximum absolute atomic E-state index is 13.5. The number of thiazole rings is 1. The van der Waals surface area contributed by atoms with Gasteiger partial charge in [-0.1, -0.05) is 11.3 Å². The second-order valence-electron chi connectivity index (χ2n) is 6.05. The number of amides is 1. The van der Waals surface area contributed by atoms with Gasteiger partial charge < -0.3 is 9.15 Å². The van der Waals surface area contributed by atoms with Crippen LogP contribution in [0.4, 0.5) is 15.4 Å². The van der Waals surface area contributed by atoms with Crippen LogP contribution >= 0.6 is 11.3 Å². The Bertz CT molecular complexity index is 1010. The molecule has 1 aliphatic heterocycles. The fourth-order valence-electron chi connectivity index (χ4n) is 2.92. The number of hydrogen-bond donors (Lipinski definition) is 0. The highest BCUT2D eigenvalue weighted by atomic mass is 32.1. The second-order valence-corrected chi connectivity index (χ2v) is 7.06. The predicted molar refractivity (Wildman–Crippen MR) is 95.6 cm³/mol. The molecule has 0 spiro atoms. The molecule has 27 heavy (non-hydrogen) atoms. The van der Waals surface area contributed by atoms with E-state index < -0.39 is 22.5 Å². The van der Waals surface area contributed by atoms with E-state index in [1.807, 2.05) is 0 Å². The zero-order chi connectivity index (χ0) is 19.0. The van der Waals surface area contributed by atoms with Crippen molar-refractivity contribution >= 4 is 38.5 Å². The molecule has 140 valence electrons. The molecule has 1 atom stereocenters. The van der Waals surface area contributed by atoms with Crippen molar-refractivity contribution in [2.75, 3.05) is 18.1 Å². The molecule has 4 rings (SSSR count). The molecule has 2 aromatic heterocycles. The number of anilines is 1. The van der Waals surface area contributed by atoms with Crippen molar-refractivity contribution in [2.24, 2.45) is 0 Å². The standard InChI is InChI=1S/C17H14FN3O5S/c18-10-3-4-12-14(8-10)27-17(19-12)20(9-11-2-1-7-25-11)16(22)13-5-6-15(26-13)21(23)24/h3-6,8,11H,1-2,7,9H2. The summed E-state index contributed by atoms with van der Waals surface area (Å²) in [6.07, 6.45) is 1.52.